The number of rotatable bonds is 1. The van der Waals surface area contributed by atoms with E-state index in [9.17, 15) is 9.59 Å². The van der Waals surface area contributed by atoms with Crippen LogP contribution in [0.5, 0.6) is 0 Å². The molecule has 0 spiro atoms. The van der Waals surface area contributed by atoms with Crippen LogP contribution in [-0.4, -0.2) is 58.1 Å². The fourth-order valence-electron chi connectivity index (χ4n) is 3.20. The third kappa shape index (κ3) is 2.43. The first-order chi connectivity index (χ1) is 10.1. The van der Waals surface area contributed by atoms with Crippen molar-refractivity contribution in [1.29, 1.82) is 0 Å². The number of likely N-dealkylation sites (tertiary alicyclic amines) is 2. The summed E-state index contributed by atoms with van der Waals surface area (Å²) in [5.41, 5.74) is 1.34. The van der Waals surface area contributed by atoms with E-state index >= 15 is 0 Å². The van der Waals surface area contributed by atoms with Gasteiger partial charge < -0.3 is 15.1 Å². The van der Waals surface area contributed by atoms with Crippen molar-refractivity contribution in [2.45, 2.75) is 25.8 Å². The average molecular weight is 289 g/mol. The number of fused-ring (bicyclic) bond motifs is 1. The second kappa shape index (κ2) is 5.31. The van der Waals surface area contributed by atoms with Gasteiger partial charge in [0.25, 0.3) is 0 Å². The molecule has 2 fully saturated rings. The minimum atomic E-state index is -0.163. The van der Waals surface area contributed by atoms with Gasteiger partial charge in [-0.15, -0.1) is 0 Å². The molecule has 3 rings (SSSR count). The third-order valence-corrected chi connectivity index (χ3v) is 4.34. The first kappa shape index (κ1) is 13.8. The molecule has 2 atom stereocenters. The molecule has 0 radical (unpaired) electrons. The molecule has 0 saturated carbocycles. The summed E-state index contributed by atoms with van der Waals surface area (Å²) in [5.74, 6) is 0.102. The van der Waals surface area contributed by atoms with Crippen molar-refractivity contribution >= 4 is 17.6 Å². The predicted octanol–water partition coefficient (Wildman–Crippen LogP) is 0.870. The van der Waals surface area contributed by atoms with Gasteiger partial charge in [0.2, 0.25) is 5.91 Å². The van der Waals surface area contributed by atoms with E-state index in [4.69, 9.17) is 0 Å². The van der Waals surface area contributed by atoms with Crippen LogP contribution in [0.2, 0.25) is 0 Å². The quantitative estimate of drug-likeness (QED) is 0.832. The van der Waals surface area contributed by atoms with Crippen LogP contribution in [0.4, 0.5) is 10.5 Å². The minimum absolute atomic E-state index is 0.0219. The van der Waals surface area contributed by atoms with E-state index < -0.39 is 0 Å². The summed E-state index contributed by atoms with van der Waals surface area (Å²) < 4.78 is 0. The molecule has 7 heteroatoms. The highest BCUT2D eigenvalue weighted by Crippen LogP contribution is 2.31. The van der Waals surface area contributed by atoms with Crippen molar-refractivity contribution in [2.24, 2.45) is 5.92 Å². The Labute approximate surface area is 123 Å². The molecule has 1 aromatic heterocycles. The van der Waals surface area contributed by atoms with Crippen LogP contribution in [0.15, 0.2) is 12.3 Å². The fourth-order valence-corrected chi connectivity index (χ4v) is 3.20. The van der Waals surface area contributed by atoms with Crippen molar-refractivity contribution in [1.82, 2.24) is 20.0 Å². The number of aromatic nitrogens is 2. The number of hydrogen-bond donors (Lipinski definition) is 1. The highest BCUT2D eigenvalue weighted by Gasteiger charge is 2.45. The van der Waals surface area contributed by atoms with Crippen molar-refractivity contribution in [2.75, 3.05) is 25.5 Å². The van der Waals surface area contributed by atoms with Gasteiger partial charge in [0.15, 0.2) is 0 Å². The Morgan fingerprint density at radius 3 is 3.05 bits per heavy atom. The topological polar surface area (TPSA) is 78.4 Å². The van der Waals surface area contributed by atoms with Gasteiger partial charge in [-0.3, -0.25) is 4.79 Å². The predicted molar refractivity (Wildman–Crippen MR) is 76.6 cm³/mol. The summed E-state index contributed by atoms with van der Waals surface area (Å²) in [4.78, 5) is 28.1. The highest BCUT2D eigenvalue weighted by atomic mass is 16.2. The van der Waals surface area contributed by atoms with Gasteiger partial charge in [0, 0.05) is 20.1 Å². The number of carbonyl (C=O) groups excluding carboxylic acids is 2. The number of piperidine rings is 1. The largest absolute Gasteiger partial charge is 0.343 e. The zero-order valence-electron chi connectivity index (χ0n) is 12.2. The van der Waals surface area contributed by atoms with Crippen molar-refractivity contribution in [3.63, 3.8) is 0 Å². The molecule has 21 heavy (non-hydrogen) atoms. The summed E-state index contributed by atoms with van der Waals surface area (Å²) in [5, 5.41) is 10.6. The number of hydrogen-bond acceptors (Lipinski definition) is 4. The number of urea groups is 1. The summed E-state index contributed by atoms with van der Waals surface area (Å²) in [6.07, 6.45) is 3.28. The number of nitrogens with one attached hydrogen (secondary N) is 1. The summed E-state index contributed by atoms with van der Waals surface area (Å²) in [6.45, 7) is 3.10. The minimum Gasteiger partial charge on any atom is -0.343 e. The lowest BCUT2D eigenvalue weighted by molar-refractivity contribution is -0.130. The number of amides is 3. The summed E-state index contributed by atoms with van der Waals surface area (Å²) in [6, 6.07) is 1.54. The Kier molecular flexibility index (Phi) is 3.48. The monoisotopic (exact) mass is 289 g/mol. The van der Waals surface area contributed by atoms with E-state index in [1.54, 1.807) is 36.0 Å². The maximum absolute atomic E-state index is 12.5. The van der Waals surface area contributed by atoms with E-state index in [0.717, 1.165) is 12.8 Å². The van der Waals surface area contributed by atoms with E-state index in [-0.39, 0.29) is 23.9 Å². The number of nitrogens with zero attached hydrogens (tertiary/aromatic N) is 4. The molecule has 3 amide bonds. The molecule has 1 aromatic rings. The van der Waals surface area contributed by atoms with Crippen molar-refractivity contribution in [3.8, 4) is 0 Å². The van der Waals surface area contributed by atoms with Crippen LogP contribution >= 0.6 is 0 Å². The van der Waals surface area contributed by atoms with E-state index in [1.165, 1.54) is 0 Å². The summed E-state index contributed by atoms with van der Waals surface area (Å²) >= 11 is 0. The highest BCUT2D eigenvalue weighted by molar-refractivity contribution is 5.91. The lowest BCUT2D eigenvalue weighted by Crippen LogP contribution is -2.50. The zero-order chi connectivity index (χ0) is 15.0. The van der Waals surface area contributed by atoms with Gasteiger partial charge in [0.05, 0.1) is 29.5 Å². The molecule has 2 aliphatic rings. The van der Waals surface area contributed by atoms with E-state index in [0.29, 0.717) is 24.5 Å². The van der Waals surface area contributed by atoms with Gasteiger partial charge >= 0.3 is 6.03 Å². The molecule has 0 unspecified atom stereocenters. The van der Waals surface area contributed by atoms with E-state index in [2.05, 4.69) is 15.5 Å². The average Bonchev–Trinajstić information content (AvgIpc) is 2.77. The number of aryl methyl sites for hydroxylation is 1. The molecular formula is C14H19N5O2. The molecule has 112 valence electrons. The van der Waals surface area contributed by atoms with Gasteiger partial charge in [-0.05, 0) is 25.8 Å². The van der Waals surface area contributed by atoms with Crippen LogP contribution in [0.25, 0.3) is 0 Å². The molecule has 0 aromatic carbocycles. The van der Waals surface area contributed by atoms with Crippen molar-refractivity contribution < 1.29 is 9.59 Å². The number of likely N-dealkylation sites (N-methyl/N-ethyl adjacent to an activating group) is 1. The van der Waals surface area contributed by atoms with Gasteiger partial charge in [0.1, 0.15) is 0 Å². The Bertz CT molecular complexity index is 576. The maximum Gasteiger partial charge on any atom is 0.322 e. The van der Waals surface area contributed by atoms with Gasteiger partial charge in [-0.25, -0.2) is 4.79 Å². The Morgan fingerprint density at radius 2 is 2.29 bits per heavy atom. The molecule has 2 aliphatic heterocycles. The molecule has 0 bridgehead atoms. The number of carbonyl (C=O) groups is 2. The van der Waals surface area contributed by atoms with Crippen LogP contribution in [0.1, 0.15) is 18.5 Å². The van der Waals surface area contributed by atoms with Gasteiger partial charge in [-0.2, -0.15) is 10.2 Å². The summed E-state index contributed by atoms with van der Waals surface area (Å²) in [7, 11) is 1.80. The van der Waals surface area contributed by atoms with Crippen LogP contribution < -0.4 is 5.32 Å². The zero-order valence-corrected chi connectivity index (χ0v) is 12.2. The second-order valence-electron chi connectivity index (χ2n) is 5.69. The molecule has 7 nitrogen and oxygen atoms in total. The normalized spacial score (nSPS) is 25.0. The first-order valence-electron chi connectivity index (χ1n) is 7.19. The molecule has 3 heterocycles. The molecular weight excluding hydrogens is 270 g/mol. The smallest absolute Gasteiger partial charge is 0.322 e. The molecule has 2 saturated heterocycles. The Morgan fingerprint density at radius 1 is 1.48 bits per heavy atom. The second-order valence-corrected chi connectivity index (χ2v) is 5.69. The fraction of sp³-hybridized carbons (Fsp3) is 0.571. The maximum atomic E-state index is 12.5. The Hall–Kier alpha value is -2.18. The van der Waals surface area contributed by atoms with Crippen LogP contribution in [0, 0.1) is 12.8 Å². The first-order valence-corrected chi connectivity index (χ1v) is 7.19. The van der Waals surface area contributed by atoms with Gasteiger partial charge in [-0.1, -0.05) is 0 Å². The van der Waals surface area contributed by atoms with Crippen LogP contribution in [-0.2, 0) is 4.79 Å². The van der Waals surface area contributed by atoms with Crippen molar-refractivity contribution in [3.05, 3.63) is 18.0 Å². The standard InChI is InChI=1S/C14H19N5O2/c1-9-11(5-6-15-17-9)16-14(21)19-7-3-4-10-12(19)8-18(2)13(10)20/h5-6,10,12H,3-4,7-8H2,1-2H3,(H,15,16,21)/t10-,12-/m1/s1. The SMILES string of the molecule is Cc1nnccc1NC(=O)N1CCC[C@H]2C(=O)N(C)C[C@H]21. The lowest BCUT2D eigenvalue weighted by atomic mass is 9.92. The van der Waals surface area contributed by atoms with Crippen LogP contribution in [0.3, 0.4) is 0 Å². The number of anilines is 1. The van der Waals surface area contributed by atoms with E-state index in [1.807, 2.05) is 0 Å². The lowest BCUT2D eigenvalue weighted by Gasteiger charge is -2.35. The Balaban J connectivity index is 1.75. The molecule has 1 N–H and O–H groups in total. The third-order valence-electron chi connectivity index (χ3n) is 4.34. The molecule has 0 aliphatic carbocycles.